The Kier molecular flexibility index (Phi) is 3.28. The summed E-state index contributed by atoms with van der Waals surface area (Å²) in [5, 5.41) is 0. The Labute approximate surface area is 107 Å². The van der Waals surface area contributed by atoms with Crippen LogP contribution in [0.25, 0.3) is 0 Å². The number of nitrogen functional groups attached to an aromatic ring is 1. The second kappa shape index (κ2) is 4.72. The average molecular weight is 246 g/mol. The van der Waals surface area contributed by atoms with Crippen molar-refractivity contribution in [3.63, 3.8) is 0 Å². The van der Waals surface area contributed by atoms with Gasteiger partial charge in [0.25, 0.3) is 0 Å². The van der Waals surface area contributed by atoms with Crippen LogP contribution in [0.1, 0.15) is 32.4 Å². The number of nitrogens with two attached hydrogens (primary N) is 1. The fourth-order valence-corrected chi connectivity index (χ4v) is 1.47. The standard InChI is InChI=1S/C14H18N2O2/c1-14(2,3)12-8-16-13(18-12)9-17-11-6-4-5-10(15)7-11/h4-8H,9,15H2,1-3H3. The number of ether oxygens (including phenoxy) is 1. The number of oxazole rings is 1. The Bertz CT molecular complexity index is 527. The minimum Gasteiger partial charge on any atom is -0.484 e. The molecule has 0 unspecified atom stereocenters. The highest BCUT2D eigenvalue weighted by molar-refractivity contribution is 5.43. The summed E-state index contributed by atoms with van der Waals surface area (Å²) in [6.07, 6.45) is 1.75. The molecule has 0 bridgehead atoms. The van der Waals surface area contributed by atoms with Gasteiger partial charge < -0.3 is 14.9 Å². The molecule has 1 heterocycles. The lowest BCUT2D eigenvalue weighted by molar-refractivity contribution is 0.252. The highest BCUT2D eigenvalue weighted by Gasteiger charge is 2.19. The zero-order chi connectivity index (χ0) is 13.2. The van der Waals surface area contributed by atoms with Crippen molar-refractivity contribution in [2.45, 2.75) is 32.8 Å². The number of anilines is 1. The van der Waals surface area contributed by atoms with Crippen LogP contribution in [0.5, 0.6) is 5.75 Å². The van der Waals surface area contributed by atoms with Crippen LogP contribution in [0, 0.1) is 0 Å². The smallest absolute Gasteiger partial charge is 0.232 e. The first-order valence-corrected chi connectivity index (χ1v) is 5.89. The van der Waals surface area contributed by atoms with Gasteiger partial charge in [0.15, 0.2) is 6.61 Å². The van der Waals surface area contributed by atoms with Gasteiger partial charge in [0.05, 0.1) is 6.20 Å². The molecule has 0 aliphatic heterocycles. The summed E-state index contributed by atoms with van der Waals surface area (Å²) in [5.74, 6) is 2.14. The molecule has 0 aliphatic rings. The SMILES string of the molecule is CC(C)(C)c1cnc(COc2cccc(N)c2)o1. The predicted octanol–water partition coefficient (Wildman–Crippen LogP) is 3.13. The van der Waals surface area contributed by atoms with E-state index in [4.69, 9.17) is 14.9 Å². The van der Waals surface area contributed by atoms with Crippen molar-refractivity contribution in [3.05, 3.63) is 42.1 Å². The van der Waals surface area contributed by atoms with Gasteiger partial charge in [0, 0.05) is 17.2 Å². The van der Waals surface area contributed by atoms with Crippen molar-refractivity contribution in [3.8, 4) is 5.75 Å². The summed E-state index contributed by atoms with van der Waals surface area (Å²) in [5.41, 5.74) is 6.31. The van der Waals surface area contributed by atoms with Crippen LogP contribution in [0.2, 0.25) is 0 Å². The molecule has 1 aromatic heterocycles. The summed E-state index contributed by atoms with van der Waals surface area (Å²) < 4.78 is 11.2. The molecule has 0 aliphatic carbocycles. The van der Waals surface area contributed by atoms with Gasteiger partial charge in [0.1, 0.15) is 11.5 Å². The molecule has 4 nitrogen and oxygen atoms in total. The van der Waals surface area contributed by atoms with Crippen molar-refractivity contribution in [1.29, 1.82) is 0 Å². The first-order valence-electron chi connectivity index (χ1n) is 5.89. The van der Waals surface area contributed by atoms with E-state index >= 15 is 0 Å². The maximum Gasteiger partial charge on any atom is 0.232 e. The van der Waals surface area contributed by atoms with Crippen LogP contribution in [0.4, 0.5) is 5.69 Å². The maximum absolute atomic E-state index is 5.67. The zero-order valence-corrected chi connectivity index (χ0v) is 10.9. The van der Waals surface area contributed by atoms with Gasteiger partial charge in [0.2, 0.25) is 5.89 Å². The van der Waals surface area contributed by atoms with Gasteiger partial charge >= 0.3 is 0 Å². The molecule has 96 valence electrons. The molecule has 1 aromatic carbocycles. The summed E-state index contributed by atoms with van der Waals surface area (Å²) >= 11 is 0. The second-order valence-electron chi connectivity index (χ2n) is 5.23. The minimum absolute atomic E-state index is 0.0393. The minimum atomic E-state index is -0.0393. The van der Waals surface area contributed by atoms with Crippen LogP contribution in [0.15, 0.2) is 34.9 Å². The summed E-state index contributed by atoms with van der Waals surface area (Å²) in [4.78, 5) is 4.20. The molecule has 2 aromatic rings. The summed E-state index contributed by atoms with van der Waals surface area (Å²) in [7, 11) is 0. The van der Waals surface area contributed by atoms with E-state index in [1.54, 1.807) is 12.3 Å². The lowest BCUT2D eigenvalue weighted by Crippen LogP contribution is -2.09. The van der Waals surface area contributed by atoms with Crippen LogP contribution in [0.3, 0.4) is 0 Å². The van der Waals surface area contributed by atoms with E-state index in [1.165, 1.54) is 0 Å². The van der Waals surface area contributed by atoms with Gasteiger partial charge in [-0.05, 0) is 12.1 Å². The number of rotatable bonds is 3. The van der Waals surface area contributed by atoms with Crippen molar-refractivity contribution in [2.75, 3.05) is 5.73 Å². The third kappa shape index (κ3) is 3.03. The third-order valence-electron chi connectivity index (χ3n) is 2.51. The van der Waals surface area contributed by atoms with Crippen molar-refractivity contribution < 1.29 is 9.15 Å². The maximum atomic E-state index is 5.67. The Hall–Kier alpha value is -1.97. The molecular formula is C14H18N2O2. The third-order valence-corrected chi connectivity index (χ3v) is 2.51. The van der Waals surface area contributed by atoms with E-state index in [0.29, 0.717) is 23.9 Å². The average Bonchev–Trinajstić information content (AvgIpc) is 2.74. The van der Waals surface area contributed by atoms with E-state index in [0.717, 1.165) is 5.76 Å². The molecule has 18 heavy (non-hydrogen) atoms. The fraction of sp³-hybridized carbons (Fsp3) is 0.357. The van der Waals surface area contributed by atoms with Crippen molar-refractivity contribution in [2.24, 2.45) is 0 Å². The molecule has 0 spiro atoms. The highest BCUT2D eigenvalue weighted by Crippen LogP contribution is 2.23. The van der Waals surface area contributed by atoms with E-state index in [2.05, 4.69) is 25.8 Å². The number of benzene rings is 1. The highest BCUT2D eigenvalue weighted by atomic mass is 16.5. The van der Waals surface area contributed by atoms with Crippen LogP contribution in [-0.2, 0) is 12.0 Å². The van der Waals surface area contributed by atoms with Gasteiger partial charge in [-0.25, -0.2) is 4.98 Å². The Balaban J connectivity index is 2.01. The number of aromatic nitrogens is 1. The Morgan fingerprint density at radius 3 is 2.72 bits per heavy atom. The molecule has 0 radical (unpaired) electrons. The quantitative estimate of drug-likeness (QED) is 0.845. The molecule has 2 N–H and O–H groups in total. The topological polar surface area (TPSA) is 61.3 Å². The Morgan fingerprint density at radius 2 is 2.11 bits per heavy atom. The number of nitrogens with zero attached hydrogens (tertiary/aromatic N) is 1. The fourth-order valence-electron chi connectivity index (χ4n) is 1.47. The lowest BCUT2D eigenvalue weighted by atomic mass is 9.94. The summed E-state index contributed by atoms with van der Waals surface area (Å²) in [6, 6.07) is 7.29. The van der Waals surface area contributed by atoms with Gasteiger partial charge in [-0.15, -0.1) is 0 Å². The summed E-state index contributed by atoms with van der Waals surface area (Å²) in [6.45, 7) is 6.54. The second-order valence-corrected chi connectivity index (χ2v) is 5.23. The van der Waals surface area contributed by atoms with E-state index in [1.807, 2.05) is 18.2 Å². The van der Waals surface area contributed by atoms with Gasteiger partial charge in [-0.2, -0.15) is 0 Å². The van der Waals surface area contributed by atoms with E-state index < -0.39 is 0 Å². The van der Waals surface area contributed by atoms with Crippen LogP contribution >= 0.6 is 0 Å². The first-order chi connectivity index (χ1) is 8.45. The van der Waals surface area contributed by atoms with Crippen LogP contribution in [-0.4, -0.2) is 4.98 Å². The molecule has 0 amide bonds. The Morgan fingerprint density at radius 1 is 1.33 bits per heavy atom. The number of hydrogen-bond donors (Lipinski definition) is 1. The molecule has 0 fully saturated rings. The first kappa shape index (κ1) is 12.5. The van der Waals surface area contributed by atoms with Crippen LogP contribution < -0.4 is 10.5 Å². The van der Waals surface area contributed by atoms with E-state index in [9.17, 15) is 0 Å². The predicted molar refractivity (Wildman–Crippen MR) is 70.4 cm³/mol. The van der Waals surface area contributed by atoms with Crippen molar-refractivity contribution in [1.82, 2.24) is 4.98 Å². The molecular weight excluding hydrogens is 228 g/mol. The normalized spacial score (nSPS) is 11.5. The zero-order valence-electron chi connectivity index (χ0n) is 10.9. The van der Waals surface area contributed by atoms with E-state index in [-0.39, 0.29) is 5.41 Å². The molecule has 2 rings (SSSR count). The monoisotopic (exact) mass is 246 g/mol. The van der Waals surface area contributed by atoms with Gasteiger partial charge in [-0.3, -0.25) is 0 Å². The molecule has 4 heteroatoms. The lowest BCUT2D eigenvalue weighted by Gasteiger charge is -2.13. The van der Waals surface area contributed by atoms with Gasteiger partial charge in [-0.1, -0.05) is 26.8 Å². The molecule has 0 saturated carbocycles. The molecule has 0 atom stereocenters. The largest absolute Gasteiger partial charge is 0.484 e. The molecule has 0 saturated heterocycles. The van der Waals surface area contributed by atoms with Crippen molar-refractivity contribution >= 4 is 5.69 Å². The number of hydrogen-bond acceptors (Lipinski definition) is 4.